The van der Waals surface area contributed by atoms with Gasteiger partial charge in [-0.15, -0.1) is 11.8 Å². The number of quaternary nitrogens is 1. The van der Waals surface area contributed by atoms with Gasteiger partial charge in [-0.25, -0.2) is 0 Å². The van der Waals surface area contributed by atoms with Crippen LogP contribution in [0.2, 0.25) is 0 Å². The molecule has 126 valence electrons. The van der Waals surface area contributed by atoms with Gasteiger partial charge in [-0.2, -0.15) is 0 Å². The number of amides is 1. The molecule has 0 radical (unpaired) electrons. The Hall–Kier alpha value is -2.18. The quantitative estimate of drug-likeness (QED) is 0.784. The van der Waals surface area contributed by atoms with E-state index in [-0.39, 0.29) is 12.7 Å². The van der Waals surface area contributed by atoms with E-state index in [1.54, 1.807) is 17.8 Å². The molecule has 0 saturated heterocycles. The molecule has 0 spiro atoms. The zero-order chi connectivity index (χ0) is 16.9. The lowest BCUT2D eigenvalue weighted by Crippen LogP contribution is -3.08. The fourth-order valence-electron chi connectivity index (χ4n) is 2.61. The molecule has 1 atom stereocenters. The predicted octanol–water partition coefficient (Wildman–Crippen LogP) is 1.79. The molecule has 0 aliphatic carbocycles. The lowest BCUT2D eigenvalue weighted by Gasteiger charge is -2.14. The smallest absolute Gasteiger partial charge is 0.279 e. The van der Waals surface area contributed by atoms with Crippen molar-refractivity contribution in [2.75, 3.05) is 32.0 Å². The fraction of sp³-hybridized carbons (Fsp3) is 0.278. The van der Waals surface area contributed by atoms with E-state index in [1.807, 2.05) is 19.2 Å². The Morgan fingerprint density at radius 2 is 1.92 bits per heavy atom. The lowest BCUT2D eigenvalue weighted by molar-refractivity contribution is -0.885. The summed E-state index contributed by atoms with van der Waals surface area (Å²) < 4.78 is 10.6. The van der Waals surface area contributed by atoms with Crippen LogP contribution in [0.25, 0.3) is 0 Å². The zero-order valence-electron chi connectivity index (χ0n) is 13.8. The number of thioether (sulfide) groups is 1. The maximum atomic E-state index is 12.2. The average molecular weight is 345 g/mol. The van der Waals surface area contributed by atoms with E-state index in [0.29, 0.717) is 18.0 Å². The third-order valence-electron chi connectivity index (χ3n) is 3.78. The van der Waals surface area contributed by atoms with Crippen molar-refractivity contribution >= 4 is 23.4 Å². The molecular weight excluding hydrogens is 324 g/mol. The van der Waals surface area contributed by atoms with Crippen molar-refractivity contribution in [3.8, 4) is 11.5 Å². The van der Waals surface area contributed by atoms with Gasteiger partial charge in [-0.05, 0) is 30.5 Å². The Morgan fingerprint density at radius 1 is 1.17 bits per heavy atom. The highest BCUT2D eigenvalue weighted by atomic mass is 32.2. The Morgan fingerprint density at radius 3 is 2.67 bits per heavy atom. The van der Waals surface area contributed by atoms with E-state index < -0.39 is 0 Å². The number of fused-ring (bicyclic) bond motifs is 1. The standard InChI is InChI=1S/C18H20N2O3S/c1-20(10-13-3-6-15(24-2)7-4-13)11-18(21)19-14-5-8-16-17(9-14)23-12-22-16/h3-9H,10-12H2,1-2H3,(H,19,21)/p+1. The second kappa shape index (κ2) is 7.59. The van der Waals surface area contributed by atoms with E-state index in [9.17, 15) is 4.79 Å². The summed E-state index contributed by atoms with van der Waals surface area (Å²) >= 11 is 1.73. The van der Waals surface area contributed by atoms with Crippen molar-refractivity contribution in [2.24, 2.45) is 0 Å². The van der Waals surface area contributed by atoms with Crippen LogP contribution in [-0.4, -0.2) is 32.5 Å². The summed E-state index contributed by atoms with van der Waals surface area (Å²) in [5.74, 6) is 1.36. The maximum Gasteiger partial charge on any atom is 0.279 e. The molecule has 2 aromatic rings. The van der Waals surface area contributed by atoms with Gasteiger partial charge in [0.25, 0.3) is 5.91 Å². The van der Waals surface area contributed by atoms with Gasteiger partial charge in [-0.1, -0.05) is 12.1 Å². The summed E-state index contributed by atoms with van der Waals surface area (Å²) in [7, 11) is 2.02. The van der Waals surface area contributed by atoms with Crippen LogP contribution in [0.3, 0.4) is 0 Å². The Labute approximate surface area is 145 Å². The summed E-state index contributed by atoms with van der Waals surface area (Å²) in [6.45, 7) is 1.44. The van der Waals surface area contributed by atoms with Gasteiger partial charge in [0.15, 0.2) is 18.0 Å². The van der Waals surface area contributed by atoms with Crippen LogP contribution < -0.4 is 19.7 Å². The number of rotatable bonds is 6. The van der Waals surface area contributed by atoms with Crippen molar-refractivity contribution < 1.29 is 19.2 Å². The van der Waals surface area contributed by atoms with Crippen LogP contribution in [0.1, 0.15) is 5.56 Å². The third kappa shape index (κ3) is 4.21. The molecule has 0 bridgehead atoms. The summed E-state index contributed by atoms with van der Waals surface area (Å²) in [4.78, 5) is 14.6. The first kappa shape index (κ1) is 16.7. The van der Waals surface area contributed by atoms with E-state index >= 15 is 0 Å². The van der Waals surface area contributed by atoms with Crippen molar-refractivity contribution in [3.05, 3.63) is 48.0 Å². The van der Waals surface area contributed by atoms with Gasteiger partial charge in [0.05, 0.1) is 7.05 Å². The molecule has 2 N–H and O–H groups in total. The number of hydrogen-bond acceptors (Lipinski definition) is 4. The maximum absolute atomic E-state index is 12.2. The molecule has 1 amide bonds. The molecule has 24 heavy (non-hydrogen) atoms. The number of carbonyl (C=O) groups excluding carboxylic acids is 1. The molecule has 0 saturated carbocycles. The number of likely N-dealkylation sites (N-methyl/N-ethyl adjacent to an activating group) is 1. The zero-order valence-corrected chi connectivity index (χ0v) is 14.6. The van der Waals surface area contributed by atoms with Crippen LogP contribution >= 0.6 is 11.8 Å². The molecule has 1 aliphatic heterocycles. The molecule has 2 aromatic carbocycles. The first-order chi connectivity index (χ1) is 11.6. The molecule has 6 heteroatoms. The SMILES string of the molecule is CSc1ccc(C[NH+](C)CC(=O)Nc2ccc3c(c2)OCO3)cc1. The molecule has 1 aliphatic rings. The van der Waals surface area contributed by atoms with Crippen molar-refractivity contribution in [1.29, 1.82) is 0 Å². The highest BCUT2D eigenvalue weighted by Crippen LogP contribution is 2.34. The van der Waals surface area contributed by atoms with E-state index in [2.05, 4.69) is 35.8 Å². The normalized spacial score (nSPS) is 13.6. The molecular formula is C18H21N2O3S+. The minimum atomic E-state index is -0.0212. The van der Waals surface area contributed by atoms with Crippen molar-refractivity contribution in [1.82, 2.24) is 0 Å². The topological polar surface area (TPSA) is 52.0 Å². The van der Waals surface area contributed by atoms with Crippen LogP contribution in [0.5, 0.6) is 11.5 Å². The minimum absolute atomic E-state index is 0.0212. The first-order valence-electron chi connectivity index (χ1n) is 7.78. The van der Waals surface area contributed by atoms with Gasteiger partial charge < -0.3 is 19.7 Å². The first-order valence-corrected chi connectivity index (χ1v) is 9.00. The Bertz CT molecular complexity index is 719. The molecule has 0 fully saturated rings. The highest BCUT2D eigenvalue weighted by molar-refractivity contribution is 7.98. The second-order valence-corrected chi connectivity index (χ2v) is 6.65. The number of nitrogens with one attached hydrogen (secondary N) is 2. The van der Waals surface area contributed by atoms with Crippen molar-refractivity contribution in [2.45, 2.75) is 11.4 Å². The Kier molecular flexibility index (Phi) is 5.27. The van der Waals surface area contributed by atoms with E-state index in [0.717, 1.165) is 17.1 Å². The third-order valence-corrected chi connectivity index (χ3v) is 4.53. The van der Waals surface area contributed by atoms with Gasteiger partial charge in [-0.3, -0.25) is 4.79 Å². The summed E-state index contributed by atoms with van der Waals surface area (Å²) in [6.07, 6.45) is 2.06. The van der Waals surface area contributed by atoms with Gasteiger partial charge in [0, 0.05) is 22.2 Å². The largest absolute Gasteiger partial charge is 0.454 e. The molecule has 3 rings (SSSR count). The predicted molar refractivity (Wildman–Crippen MR) is 94.9 cm³/mol. The molecule has 1 unspecified atom stereocenters. The number of anilines is 1. The summed E-state index contributed by atoms with van der Waals surface area (Å²) in [5, 5.41) is 2.91. The van der Waals surface area contributed by atoms with Gasteiger partial charge in [0.1, 0.15) is 6.54 Å². The number of carbonyl (C=O) groups is 1. The summed E-state index contributed by atoms with van der Waals surface area (Å²) in [6, 6.07) is 13.9. The molecule has 5 nitrogen and oxygen atoms in total. The minimum Gasteiger partial charge on any atom is -0.454 e. The average Bonchev–Trinajstić information content (AvgIpc) is 3.03. The lowest BCUT2D eigenvalue weighted by atomic mass is 10.2. The highest BCUT2D eigenvalue weighted by Gasteiger charge is 2.15. The molecule has 1 heterocycles. The van der Waals surface area contributed by atoms with Crippen LogP contribution in [0, 0.1) is 0 Å². The summed E-state index contributed by atoms with van der Waals surface area (Å²) in [5.41, 5.74) is 1.95. The van der Waals surface area contributed by atoms with Crippen molar-refractivity contribution in [3.63, 3.8) is 0 Å². The van der Waals surface area contributed by atoms with Gasteiger partial charge >= 0.3 is 0 Å². The number of ether oxygens (including phenoxy) is 2. The van der Waals surface area contributed by atoms with E-state index in [4.69, 9.17) is 9.47 Å². The Balaban J connectivity index is 1.52. The van der Waals surface area contributed by atoms with Crippen LogP contribution in [0.4, 0.5) is 5.69 Å². The van der Waals surface area contributed by atoms with Crippen LogP contribution in [0.15, 0.2) is 47.4 Å². The van der Waals surface area contributed by atoms with Gasteiger partial charge in [0.2, 0.25) is 6.79 Å². The fourth-order valence-corrected chi connectivity index (χ4v) is 3.02. The number of hydrogen-bond donors (Lipinski definition) is 2. The van der Waals surface area contributed by atoms with Crippen LogP contribution in [-0.2, 0) is 11.3 Å². The monoisotopic (exact) mass is 345 g/mol. The number of benzene rings is 2. The second-order valence-electron chi connectivity index (χ2n) is 5.77. The van der Waals surface area contributed by atoms with E-state index in [1.165, 1.54) is 10.5 Å². The molecule has 0 aromatic heterocycles.